The molecule has 3 heteroatoms. The predicted molar refractivity (Wildman–Crippen MR) is 81.4 cm³/mol. The van der Waals surface area contributed by atoms with Gasteiger partial charge in [0.2, 0.25) is 0 Å². The Balaban J connectivity index is 2.03. The highest BCUT2D eigenvalue weighted by atomic mass is 15.2. The van der Waals surface area contributed by atoms with Crippen LogP contribution < -0.4 is 10.2 Å². The van der Waals surface area contributed by atoms with Crippen LogP contribution in [0.1, 0.15) is 39.2 Å². The number of hydrogen-bond acceptors (Lipinski definition) is 3. The maximum Gasteiger partial charge on any atom is 0.129 e. The van der Waals surface area contributed by atoms with Gasteiger partial charge in [-0.2, -0.15) is 0 Å². The van der Waals surface area contributed by atoms with E-state index < -0.39 is 0 Å². The second kappa shape index (κ2) is 5.74. The predicted octanol–water partition coefficient (Wildman–Crippen LogP) is 3.12. The third-order valence-corrected chi connectivity index (χ3v) is 3.38. The van der Waals surface area contributed by atoms with Gasteiger partial charge in [0.1, 0.15) is 5.82 Å². The van der Waals surface area contributed by atoms with Crippen molar-refractivity contribution in [1.82, 2.24) is 10.3 Å². The maximum absolute atomic E-state index is 4.60. The average Bonchev–Trinajstić information content (AvgIpc) is 3.17. The first-order valence-corrected chi connectivity index (χ1v) is 7.07. The van der Waals surface area contributed by atoms with Gasteiger partial charge in [0, 0.05) is 30.9 Å². The quantitative estimate of drug-likeness (QED) is 0.796. The minimum atomic E-state index is 0.0506. The number of hydrogen-bond donors (Lipinski definition) is 1. The molecule has 1 N–H and O–H groups in total. The first-order valence-electron chi connectivity index (χ1n) is 7.07. The zero-order chi connectivity index (χ0) is 13.9. The molecule has 0 bridgehead atoms. The molecule has 0 radical (unpaired) electrons. The molecule has 0 aliphatic heterocycles. The lowest BCUT2D eigenvalue weighted by atomic mass is 10.1. The van der Waals surface area contributed by atoms with Crippen LogP contribution in [0.2, 0.25) is 0 Å². The van der Waals surface area contributed by atoms with Gasteiger partial charge in [-0.3, -0.25) is 0 Å². The third-order valence-electron chi connectivity index (χ3n) is 3.38. The Hall–Kier alpha value is -1.35. The lowest BCUT2D eigenvalue weighted by Crippen LogP contribution is -2.42. The summed E-state index contributed by atoms with van der Waals surface area (Å²) in [7, 11) is 0. The molecule has 0 amide bonds. The summed E-state index contributed by atoms with van der Waals surface area (Å²) in [5, 5.41) is 3.51. The summed E-state index contributed by atoms with van der Waals surface area (Å²) < 4.78 is 0. The zero-order valence-corrected chi connectivity index (χ0v) is 12.3. The number of nitrogens with zero attached hydrogens (tertiary/aromatic N) is 2. The summed E-state index contributed by atoms with van der Waals surface area (Å²) >= 11 is 0. The molecule has 0 unspecified atom stereocenters. The first-order chi connectivity index (χ1) is 9.00. The van der Waals surface area contributed by atoms with Crippen molar-refractivity contribution in [3.63, 3.8) is 0 Å². The summed E-state index contributed by atoms with van der Waals surface area (Å²) in [5.74, 6) is 1.02. The number of aromatic nitrogens is 1. The minimum absolute atomic E-state index is 0.0506. The highest BCUT2D eigenvalue weighted by molar-refractivity contribution is 5.42. The fraction of sp³-hybridized carbons (Fsp3) is 0.562. The average molecular weight is 259 g/mol. The van der Waals surface area contributed by atoms with Crippen LogP contribution in [0.25, 0.3) is 0 Å². The van der Waals surface area contributed by atoms with Crippen molar-refractivity contribution in [2.45, 2.75) is 51.7 Å². The lowest BCUT2D eigenvalue weighted by Gasteiger charge is -2.36. The van der Waals surface area contributed by atoms with Gasteiger partial charge in [-0.1, -0.05) is 12.1 Å². The Kier molecular flexibility index (Phi) is 4.25. The molecule has 1 heterocycles. The normalized spacial score (nSPS) is 15.3. The molecule has 2 rings (SSSR count). The molecule has 1 aliphatic carbocycles. The van der Waals surface area contributed by atoms with Crippen LogP contribution in [-0.2, 0) is 6.54 Å². The van der Waals surface area contributed by atoms with Crippen molar-refractivity contribution in [3.8, 4) is 0 Å². The summed E-state index contributed by atoms with van der Waals surface area (Å²) in [5.41, 5.74) is 1.30. The Morgan fingerprint density at radius 3 is 2.63 bits per heavy atom. The van der Waals surface area contributed by atoms with Crippen LogP contribution in [0.4, 0.5) is 5.82 Å². The zero-order valence-electron chi connectivity index (χ0n) is 12.3. The van der Waals surface area contributed by atoms with Crippen molar-refractivity contribution in [3.05, 3.63) is 36.5 Å². The highest BCUT2D eigenvalue weighted by Crippen LogP contribution is 2.22. The van der Waals surface area contributed by atoms with Crippen molar-refractivity contribution < 1.29 is 0 Å². The first kappa shape index (κ1) is 14.1. The third kappa shape index (κ3) is 4.06. The van der Waals surface area contributed by atoms with E-state index in [9.17, 15) is 0 Å². The molecule has 19 heavy (non-hydrogen) atoms. The highest BCUT2D eigenvalue weighted by Gasteiger charge is 2.22. The summed E-state index contributed by atoms with van der Waals surface area (Å²) in [6.07, 6.45) is 6.55. The molecule has 1 aromatic heterocycles. The largest absolute Gasteiger partial charge is 0.348 e. The van der Waals surface area contributed by atoms with Gasteiger partial charge < -0.3 is 10.2 Å². The SMILES string of the molecule is C=CCN(c1ccc(CNC2CC2)cn1)C(C)(C)C. The molecule has 0 atom stereocenters. The van der Waals surface area contributed by atoms with Gasteiger partial charge >= 0.3 is 0 Å². The fourth-order valence-corrected chi connectivity index (χ4v) is 2.07. The van der Waals surface area contributed by atoms with E-state index in [0.717, 1.165) is 24.9 Å². The Bertz CT molecular complexity index is 413. The lowest BCUT2D eigenvalue weighted by molar-refractivity contribution is 0.517. The van der Waals surface area contributed by atoms with Gasteiger partial charge in [0.05, 0.1) is 0 Å². The summed E-state index contributed by atoms with van der Waals surface area (Å²) in [6, 6.07) is 5.02. The standard InChI is InChI=1S/C16H25N3/c1-5-10-19(16(2,3)4)15-9-6-13(12-18-15)11-17-14-7-8-14/h5-6,9,12,14,17H,1,7-8,10-11H2,2-4H3. The number of pyridine rings is 1. The van der Waals surface area contributed by atoms with Crippen molar-refractivity contribution in [2.24, 2.45) is 0 Å². The van der Waals surface area contributed by atoms with E-state index in [0.29, 0.717) is 0 Å². The van der Waals surface area contributed by atoms with E-state index in [-0.39, 0.29) is 5.54 Å². The molecule has 3 nitrogen and oxygen atoms in total. The molecule has 0 spiro atoms. The second-order valence-electron chi connectivity index (χ2n) is 6.25. The van der Waals surface area contributed by atoms with Crippen LogP contribution in [0.5, 0.6) is 0 Å². The van der Waals surface area contributed by atoms with E-state index in [1.165, 1.54) is 18.4 Å². The maximum atomic E-state index is 4.60. The second-order valence-corrected chi connectivity index (χ2v) is 6.25. The molecule has 1 saturated carbocycles. The molecule has 0 saturated heterocycles. The Labute approximate surface area is 116 Å². The van der Waals surface area contributed by atoms with Crippen LogP contribution in [0.3, 0.4) is 0 Å². The topological polar surface area (TPSA) is 28.2 Å². The summed E-state index contributed by atoms with van der Waals surface area (Å²) in [6.45, 7) is 12.2. The fourth-order valence-electron chi connectivity index (χ4n) is 2.07. The van der Waals surface area contributed by atoms with Gasteiger partial charge in [0.15, 0.2) is 0 Å². The number of anilines is 1. The molecular formula is C16H25N3. The molecule has 0 aromatic carbocycles. The van der Waals surface area contributed by atoms with E-state index >= 15 is 0 Å². The van der Waals surface area contributed by atoms with Crippen LogP contribution in [-0.4, -0.2) is 23.1 Å². The van der Waals surface area contributed by atoms with Crippen molar-refractivity contribution in [2.75, 3.05) is 11.4 Å². The number of nitrogens with one attached hydrogen (secondary N) is 1. The molecule has 104 valence electrons. The van der Waals surface area contributed by atoms with Crippen LogP contribution in [0.15, 0.2) is 31.0 Å². The molecule has 1 aliphatic rings. The van der Waals surface area contributed by atoms with Crippen LogP contribution >= 0.6 is 0 Å². The van der Waals surface area contributed by atoms with E-state index in [4.69, 9.17) is 0 Å². The Morgan fingerprint density at radius 1 is 1.42 bits per heavy atom. The van der Waals surface area contributed by atoms with E-state index in [1.807, 2.05) is 12.3 Å². The van der Waals surface area contributed by atoms with Crippen molar-refractivity contribution in [1.29, 1.82) is 0 Å². The smallest absolute Gasteiger partial charge is 0.129 e. The minimum Gasteiger partial charge on any atom is -0.348 e. The van der Waals surface area contributed by atoms with Crippen LogP contribution in [0, 0.1) is 0 Å². The molecular weight excluding hydrogens is 234 g/mol. The molecule has 1 aromatic rings. The van der Waals surface area contributed by atoms with E-state index in [2.05, 4.69) is 54.7 Å². The Morgan fingerprint density at radius 2 is 2.16 bits per heavy atom. The molecule has 1 fully saturated rings. The van der Waals surface area contributed by atoms with Gasteiger partial charge in [-0.25, -0.2) is 4.98 Å². The van der Waals surface area contributed by atoms with Gasteiger partial charge in [-0.15, -0.1) is 6.58 Å². The van der Waals surface area contributed by atoms with Gasteiger partial charge in [-0.05, 0) is 45.2 Å². The summed E-state index contributed by atoms with van der Waals surface area (Å²) in [4.78, 5) is 6.86. The van der Waals surface area contributed by atoms with E-state index in [1.54, 1.807) is 0 Å². The monoisotopic (exact) mass is 259 g/mol. The van der Waals surface area contributed by atoms with Gasteiger partial charge in [0.25, 0.3) is 0 Å². The van der Waals surface area contributed by atoms with Crippen molar-refractivity contribution >= 4 is 5.82 Å². The number of rotatable bonds is 6.